The SMILES string of the molecule is CCNC(=O)NC(=O)COC(=O)c1cn(C)c2ccccc12. The molecule has 7 nitrogen and oxygen atoms in total. The van der Waals surface area contributed by atoms with Gasteiger partial charge in [0.25, 0.3) is 5.91 Å². The number of fused-ring (bicyclic) bond motifs is 1. The third-order valence-electron chi connectivity index (χ3n) is 3.04. The van der Waals surface area contributed by atoms with E-state index in [0.29, 0.717) is 12.1 Å². The predicted octanol–water partition coefficient (Wildman–Crippen LogP) is 1.18. The Labute approximate surface area is 127 Å². The van der Waals surface area contributed by atoms with Gasteiger partial charge < -0.3 is 14.6 Å². The quantitative estimate of drug-likeness (QED) is 0.830. The van der Waals surface area contributed by atoms with Crippen LogP contribution < -0.4 is 10.6 Å². The highest BCUT2D eigenvalue weighted by Crippen LogP contribution is 2.20. The van der Waals surface area contributed by atoms with Crippen LogP contribution in [0.1, 0.15) is 17.3 Å². The summed E-state index contributed by atoms with van der Waals surface area (Å²) in [6.45, 7) is 1.61. The monoisotopic (exact) mass is 303 g/mol. The molecule has 1 aromatic carbocycles. The molecule has 0 saturated carbocycles. The largest absolute Gasteiger partial charge is 0.452 e. The van der Waals surface area contributed by atoms with Gasteiger partial charge in [-0.05, 0) is 13.0 Å². The molecule has 0 bridgehead atoms. The van der Waals surface area contributed by atoms with Crippen molar-refractivity contribution in [3.63, 3.8) is 0 Å². The van der Waals surface area contributed by atoms with Crippen LogP contribution in [0.3, 0.4) is 0 Å². The third kappa shape index (κ3) is 3.43. The van der Waals surface area contributed by atoms with E-state index in [4.69, 9.17) is 4.74 Å². The summed E-state index contributed by atoms with van der Waals surface area (Å²) >= 11 is 0. The number of hydrogen-bond acceptors (Lipinski definition) is 4. The lowest BCUT2D eigenvalue weighted by Crippen LogP contribution is -2.41. The van der Waals surface area contributed by atoms with Crippen molar-refractivity contribution in [3.8, 4) is 0 Å². The fourth-order valence-corrected chi connectivity index (χ4v) is 2.08. The van der Waals surface area contributed by atoms with E-state index in [9.17, 15) is 14.4 Å². The minimum absolute atomic E-state index is 0.379. The third-order valence-corrected chi connectivity index (χ3v) is 3.04. The lowest BCUT2D eigenvalue weighted by molar-refractivity contribution is -0.123. The molecule has 0 unspecified atom stereocenters. The molecule has 2 N–H and O–H groups in total. The van der Waals surface area contributed by atoms with Crippen LogP contribution in [0.15, 0.2) is 30.5 Å². The number of esters is 1. The molecule has 3 amide bonds. The Bertz CT molecular complexity index is 721. The summed E-state index contributed by atoms with van der Waals surface area (Å²) in [4.78, 5) is 34.7. The number of imide groups is 1. The number of carbonyl (C=O) groups is 3. The summed E-state index contributed by atoms with van der Waals surface area (Å²) in [6, 6.07) is 6.76. The van der Waals surface area contributed by atoms with Crippen molar-refractivity contribution < 1.29 is 19.1 Å². The van der Waals surface area contributed by atoms with Crippen LogP contribution in [0.25, 0.3) is 10.9 Å². The smallest absolute Gasteiger partial charge is 0.340 e. The van der Waals surface area contributed by atoms with Crippen molar-refractivity contribution in [3.05, 3.63) is 36.0 Å². The van der Waals surface area contributed by atoms with Crippen LogP contribution in [0.4, 0.5) is 4.79 Å². The first kappa shape index (κ1) is 15.6. The van der Waals surface area contributed by atoms with Gasteiger partial charge in [0.2, 0.25) is 0 Å². The summed E-state index contributed by atoms with van der Waals surface area (Å²) in [5, 5.41) is 5.22. The van der Waals surface area contributed by atoms with Crippen LogP contribution >= 0.6 is 0 Å². The number of urea groups is 1. The van der Waals surface area contributed by atoms with E-state index in [-0.39, 0.29) is 0 Å². The maximum Gasteiger partial charge on any atom is 0.340 e. The van der Waals surface area contributed by atoms with Crippen LogP contribution in [0, 0.1) is 0 Å². The molecule has 0 atom stereocenters. The number of benzene rings is 1. The topological polar surface area (TPSA) is 89.4 Å². The normalized spacial score (nSPS) is 10.3. The van der Waals surface area contributed by atoms with Gasteiger partial charge in [0, 0.05) is 30.7 Å². The van der Waals surface area contributed by atoms with E-state index in [1.165, 1.54) is 0 Å². The summed E-state index contributed by atoms with van der Waals surface area (Å²) < 4.78 is 6.75. The zero-order valence-electron chi connectivity index (χ0n) is 12.4. The molecule has 0 radical (unpaired) electrons. The molecule has 0 spiro atoms. The van der Waals surface area contributed by atoms with E-state index in [1.54, 1.807) is 23.8 Å². The summed E-state index contributed by atoms with van der Waals surface area (Å²) in [5.74, 6) is -1.29. The van der Waals surface area contributed by atoms with Gasteiger partial charge in [-0.25, -0.2) is 9.59 Å². The van der Waals surface area contributed by atoms with Crippen LogP contribution in [-0.4, -0.2) is 35.6 Å². The average Bonchev–Trinajstić information content (AvgIpc) is 2.83. The Kier molecular flexibility index (Phi) is 4.77. The van der Waals surface area contributed by atoms with Crippen molar-refractivity contribution in [1.29, 1.82) is 0 Å². The number of hydrogen-bond donors (Lipinski definition) is 2. The first-order valence-electron chi connectivity index (χ1n) is 6.81. The first-order valence-corrected chi connectivity index (χ1v) is 6.81. The second kappa shape index (κ2) is 6.75. The van der Waals surface area contributed by atoms with Crippen molar-refractivity contribution in [2.75, 3.05) is 13.2 Å². The Balaban J connectivity index is 2.00. The summed E-state index contributed by atoms with van der Waals surface area (Å²) in [5.41, 5.74) is 1.27. The van der Waals surface area contributed by atoms with Crippen molar-refractivity contribution >= 4 is 28.8 Å². The van der Waals surface area contributed by atoms with E-state index in [2.05, 4.69) is 10.6 Å². The number of rotatable bonds is 4. The van der Waals surface area contributed by atoms with Crippen LogP contribution in [-0.2, 0) is 16.6 Å². The minimum Gasteiger partial charge on any atom is -0.452 e. The lowest BCUT2D eigenvalue weighted by atomic mass is 10.2. The molecule has 0 fully saturated rings. The van der Waals surface area contributed by atoms with Crippen LogP contribution in [0.2, 0.25) is 0 Å². The molecule has 2 rings (SSSR count). The molecular weight excluding hydrogens is 286 g/mol. The van der Waals surface area contributed by atoms with Crippen LogP contribution in [0.5, 0.6) is 0 Å². The van der Waals surface area contributed by atoms with Crippen molar-refractivity contribution in [2.45, 2.75) is 6.92 Å². The lowest BCUT2D eigenvalue weighted by Gasteiger charge is -2.05. The fourth-order valence-electron chi connectivity index (χ4n) is 2.08. The van der Waals surface area contributed by atoms with Crippen molar-refractivity contribution in [2.24, 2.45) is 7.05 Å². The number of para-hydroxylation sites is 1. The Morgan fingerprint density at radius 1 is 1.23 bits per heavy atom. The van der Waals surface area contributed by atoms with Gasteiger partial charge in [-0.2, -0.15) is 0 Å². The number of nitrogens with one attached hydrogen (secondary N) is 2. The number of aryl methyl sites for hydroxylation is 1. The zero-order chi connectivity index (χ0) is 16.1. The van der Waals surface area contributed by atoms with E-state index in [0.717, 1.165) is 10.9 Å². The average molecular weight is 303 g/mol. The molecule has 1 aromatic heterocycles. The van der Waals surface area contributed by atoms with Gasteiger partial charge in [0.05, 0.1) is 5.56 Å². The molecule has 0 aliphatic carbocycles. The molecule has 1 heterocycles. The van der Waals surface area contributed by atoms with Gasteiger partial charge in [0.1, 0.15) is 0 Å². The number of amides is 3. The molecule has 7 heteroatoms. The number of aromatic nitrogens is 1. The van der Waals surface area contributed by atoms with Gasteiger partial charge in [-0.1, -0.05) is 18.2 Å². The maximum absolute atomic E-state index is 12.1. The highest BCUT2D eigenvalue weighted by molar-refractivity contribution is 6.05. The van der Waals surface area contributed by atoms with Gasteiger partial charge in [-0.15, -0.1) is 0 Å². The highest BCUT2D eigenvalue weighted by atomic mass is 16.5. The van der Waals surface area contributed by atoms with Gasteiger partial charge in [-0.3, -0.25) is 10.1 Å². The zero-order valence-corrected chi connectivity index (χ0v) is 12.4. The van der Waals surface area contributed by atoms with E-state index >= 15 is 0 Å². The van der Waals surface area contributed by atoms with E-state index in [1.807, 2.05) is 25.2 Å². The minimum atomic E-state index is -0.681. The Hall–Kier alpha value is -2.83. The Morgan fingerprint density at radius 2 is 1.95 bits per heavy atom. The van der Waals surface area contributed by atoms with E-state index < -0.39 is 24.5 Å². The number of ether oxygens (including phenoxy) is 1. The number of carbonyl (C=O) groups excluding carboxylic acids is 3. The van der Waals surface area contributed by atoms with Gasteiger partial charge in [0.15, 0.2) is 6.61 Å². The predicted molar refractivity (Wildman–Crippen MR) is 80.4 cm³/mol. The first-order chi connectivity index (χ1) is 10.5. The molecule has 0 aliphatic heterocycles. The second-order valence-electron chi connectivity index (χ2n) is 4.65. The summed E-state index contributed by atoms with van der Waals surface area (Å²) in [6.07, 6.45) is 1.65. The molecule has 0 aliphatic rings. The van der Waals surface area contributed by atoms with Gasteiger partial charge >= 0.3 is 12.0 Å². The molecular formula is C15H17N3O4. The fraction of sp³-hybridized carbons (Fsp3) is 0.267. The molecule has 116 valence electrons. The second-order valence-corrected chi connectivity index (χ2v) is 4.65. The maximum atomic E-state index is 12.1. The molecule has 0 saturated heterocycles. The Morgan fingerprint density at radius 3 is 2.68 bits per heavy atom. The summed E-state index contributed by atoms with van der Waals surface area (Å²) in [7, 11) is 1.82. The standard InChI is InChI=1S/C15H17N3O4/c1-3-16-15(21)17-13(19)9-22-14(20)11-8-18(2)12-7-5-4-6-10(11)12/h4-8H,3,9H2,1-2H3,(H2,16,17,19,21). The number of nitrogens with zero attached hydrogens (tertiary/aromatic N) is 1. The highest BCUT2D eigenvalue weighted by Gasteiger charge is 2.16. The molecule has 22 heavy (non-hydrogen) atoms. The van der Waals surface area contributed by atoms with Crippen molar-refractivity contribution in [1.82, 2.24) is 15.2 Å². The molecule has 2 aromatic rings.